The van der Waals surface area contributed by atoms with Crippen molar-refractivity contribution in [2.24, 2.45) is 0 Å². The first-order valence-electron chi connectivity index (χ1n) is 6.48. The van der Waals surface area contributed by atoms with Gasteiger partial charge in [-0.15, -0.1) is 0 Å². The predicted octanol–water partition coefficient (Wildman–Crippen LogP) is 3.18. The van der Waals surface area contributed by atoms with Crippen molar-refractivity contribution in [3.63, 3.8) is 0 Å². The van der Waals surface area contributed by atoms with Crippen molar-refractivity contribution in [3.05, 3.63) is 42.0 Å². The third-order valence-electron chi connectivity index (χ3n) is 3.21. The molecular weight excluding hydrogens is 236 g/mol. The second-order valence-electron chi connectivity index (χ2n) is 4.41. The van der Waals surface area contributed by atoms with Gasteiger partial charge in [-0.05, 0) is 19.1 Å². The monoisotopic (exact) mass is 254 g/mol. The molecule has 0 heterocycles. The molecule has 0 aliphatic rings. The Balaban J connectivity index is 2.36. The standard InChI is InChI=1S/C16H18N2O/c1-3-19-11-10-18(2)16-9-8-13(12-17)14-6-4-5-7-15(14)16/h4-9H,3,10-11H2,1-2H3. The van der Waals surface area contributed by atoms with Gasteiger partial charge in [-0.1, -0.05) is 24.3 Å². The van der Waals surface area contributed by atoms with Crippen molar-refractivity contribution in [1.82, 2.24) is 0 Å². The fraction of sp³-hybridized carbons (Fsp3) is 0.312. The van der Waals surface area contributed by atoms with E-state index in [1.807, 2.05) is 44.3 Å². The van der Waals surface area contributed by atoms with Crippen molar-refractivity contribution >= 4 is 16.5 Å². The Hall–Kier alpha value is -2.05. The molecule has 0 saturated heterocycles. The van der Waals surface area contributed by atoms with Crippen molar-refractivity contribution in [2.45, 2.75) is 6.92 Å². The molecule has 0 amide bonds. The Kier molecular flexibility index (Phi) is 4.38. The average molecular weight is 254 g/mol. The van der Waals surface area contributed by atoms with Crippen molar-refractivity contribution in [3.8, 4) is 6.07 Å². The van der Waals surface area contributed by atoms with E-state index in [4.69, 9.17) is 10.00 Å². The number of nitrogens with zero attached hydrogens (tertiary/aromatic N) is 2. The van der Waals surface area contributed by atoms with Gasteiger partial charge in [0, 0.05) is 36.7 Å². The Morgan fingerprint density at radius 1 is 1.16 bits per heavy atom. The first-order chi connectivity index (χ1) is 9.27. The van der Waals surface area contributed by atoms with Crippen LogP contribution < -0.4 is 4.90 Å². The second kappa shape index (κ2) is 6.21. The van der Waals surface area contributed by atoms with Gasteiger partial charge in [-0.3, -0.25) is 0 Å². The molecule has 0 N–H and O–H groups in total. The summed E-state index contributed by atoms with van der Waals surface area (Å²) < 4.78 is 5.39. The summed E-state index contributed by atoms with van der Waals surface area (Å²) in [6.45, 7) is 4.28. The molecular formula is C16H18N2O. The topological polar surface area (TPSA) is 36.3 Å². The molecule has 0 spiro atoms. The fourth-order valence-electron chi connectivity index (χ4n) is 2.18. The van der Waals surface area contributed by atoms with E-state index in [0.717, 1.165) is 35.2 Å². The number of hydrogen-bond acceptors (Lipinski definition) is 3. The SMILES string of the molecule is CCOCCN(C)c1ccc(C#N)c2ccccc12. The molecule has 0 aromatic heterocycles. The zero-order chi connectivity index (χ0) is 13.7. The minimum Gasteiger partial charge on any atom is -0.380 e. The van der Waals surface area contributed by atoms with Gasteiger partial charge in [0.05, 0.1) is 18.2 Å². The Morgan fingerprint density at radius 3 is 2.58 bits per heavy atom. The van der Waals surface area contributed by atoms with Gasteiger partial charge in [0.2, 0.25) is 0 Å². The number of hydrogen-bond donors (Lipinski definition) is 0. The van der Waals surface area contributed by atoms with Gasteiger partial charge in [0.25, 0.3) is 0 Å². The maximum Gasteiger partial charge on any atom is 0.0998 e. The highest BCUT2D eigenvalue weighted by atomic mass is 16.5. The summed E-state index contributed by atoms with van der Waals surface area (Å²) in [5.41, 5.74) is 1.85. The molecule has 0 saturated carbocycles. The minimum atomic E-state index is 0.710. The molecule has 2 aromatic carbocycles. The number of benzene rings is 2. The van der Waals surface area contributed by atoms with Gasteiger partial charge in [-0.2, -0.15) is 5.26 Å². The number of likely N-dealkylation sites (N-methyl/N-ethyl adjacent to an activating group) is 1. The van der Waals surface area contributed by atoms with Crippen LogP contribution in [0.4, 0.5) is 5.69 Å². The normalized spacial score (nSPS) is 10.4. The number of fused-ring (bicyclic) bond motifs is 1. The van der Waals surface area contributed by atoms with Crippen molar-refractivity contribution in [2.75, 3.05) is 31.7 Å². The zero-order valence-electron chi connectivity index (χ0n) is 11.4. The quantitative estimate of drug-likeness (QED) is 0.769. The molecule has 0 atom stereocenters. The highest BCUT2D eigenvalue weighted by Crippen LogP contribution is 2.28. The van der Waals surface area contributed by atoms with Crippen LogP contribution in [0.1, 0.15) is 12.5 Å². The maximum atomic E-state index is 9.15. The summed E-state index contributed by atoms with van der Waals surface area (Å²) in [7, 11) is 2.05. The van der Waals surface area contributed by atoms with Gasteiger partial charge < -0.3 is 9.64 Å². The first kappa shape index (κ1) is 13.4. The largest absolute Gasteiger partial charge is 0.380 e. The third-order valence-corrected chi connectivity index (χ3v) is 3.21. The molecule has 0 fully saturated rings. The first-order valence-corrected chi connectivity index (χ1v) is 6.48. The van der Waals surface area contributed by atoms with E-state index >= 15 is 0 Å². The van der Waals surface area contributed by atoms with E-state index in [1.54, 1.807) is 0 Å². The van der Waals surface area contributed by atoms with Crippen LogP contribution in [-0.2, 0) is 4.74 Å². The van der Waals surface area contributed by atoms with E-state index in [1.165, 1.54) is 0 Å². The van der Waals surface area contributed by atoms with Gasteiger partial charge in [0.15, 0.2) is 0 Å². The van der Waals surface area contributed by atoms with E-state index in [-0.39, 0.29) is 0 Å². The molecule has 19 heavy (non-hydrogen) atoms. The lowest BCUT2D eigenvalue weighted by Gasteiger charge is -2.21. The summed E-state index contributed by atoms with van der Waals surface area (Å²) in [6, 6.07) is 14.2. The van der Waals surface area contributed by atoms with Crippen LogP contribution >= 0.6 is 0 Å². The molecule has 0 bridgehead atoms. The zero-order valence-corrected chi connectivity index (χ0v) is 11.4. The molecule has 3 nitrogen and oxygen atoms in total. The summed E-state index contributed by atoms with van der Waals surface area (Å²) in [4.78, 5) is 2.17. The van der Waals surface area contributed by atoms with Crippen LogP contribution in [0.3, 0.4) is 0 Å². The molecule has 3 heteroatoms. The van der Waals surface area contributed by atoms with Crippen LogP contribution in [0.25, 0.3) is 10.8 Å². The number of ether oxygens (including phenoxy) is 1. The Morgan fingerprint density at radius 2 is 1.89 bits per heavy atom. The lowest BCUT2D eigenvalue weighted by atomic mass is 10.0. The van der Waals surface area contributed by atoms with Crippen LogP contribution in [0, 0.1) is 11.3 Å². The fourth-order valence-corrected chi connectivity index (χ4v) is 2.18. The smallest absolute Gasteiger partial charge is 0.0998 e. The summed E-state index contributed by atoms with van der Waals surface area (Å²) in [5, 5.41) is 11.3. The average Bonchev–Trinajstić information content (AvgIpc) is 2.46. The molecule has 2 aromatic rings. The van der Waals surface area contributed by atoms with Crippen molar-refractivity contribution in [1.29, 1.82) is 5.26 Å². The molecule has 0 radical (unpaired) electrons. The van der Waals surface area contributed by atoms with E-state index in [2.05, 4.69) is 17.0 Å². The lowest BCUT2D eigenvalue weighted by Crippen LogP contribution is -2.22. The van der Waals surface area contributed by atoms with E-state index in [0.29, 0.717) is 6.61 Å². The summed E-state index contributed by atoms with van der Waals surface area (Å²) >= 11 is 0. The number of anilines is 1. The Bertz CT molecular complexity index is 601. The minimum absolute atomic E-state index is 0.710. The van der Waals surface area contributed by atoms with Crippen LogP contribution in [0.15, 0.2) is 36.4 Å². The molecule has 0 aliphatic carbocycles. The highest BCUT2D eigenvalue weighted by molar-refractivity contribution is 5.97. The van der Waals surface area contributed by atoms with Gasteiger partial charge in [-0.25, -0.2) is 0 Å². The van der Waals surface area contributed by atoms with E-state index < -0.39 is 0 Å². The molecule has 98 valence electrons. The second-order valence-corrected chi connectivity index (χ2v) is 4.41. The van der Waals surface area contributed by atoms with Crippen molar-refractivity contribution < 1.29 is 4.74 Å². The summed E-state index contributed by atoms with van der Waals surface area (Å²) in [6.07, 6.45) is 0. The summed E-state index contributed by atoms with van der Waals surface area (Å²) in [5.74, 6) is 0. The maximum absolute atomic E-state index is 9.15. The highest BCUT2D eigenvalue weighted by Gasteiger charge is 2.08. The number of rotatable bonds is 5. The van der Waals surface area contributed by atoms with Gasteiger partial charge >= 0.3 is 0 Å². The van der Waals surface area contributed by atoms with Gasteiger partial charge in [0.1, 0.15) is 0 Å². The van der Waals surface area contributed by atoms with Crippen LogP contribution in [0.2, 0.25) is 0 Å². The van der Waals surface area contributed by atoms with E-state index in [9.17, 15) is 0 Å². The third kappa shape index (κ3) is 2.86. The number of nitriles is 1. The lowest BCUT2D eigenvalue weighted by molar-refractivity contribution is 0.154. The van der Waals surface area contributed by atoms with Crippen LogP contribution in [0.5, 0.6) is 0 Å². The molecule has 0 aliphatic heterocycles. The Labute approximate surface area is 114 Å². The molecule has 2 rings (SSSR count). The predicted molar refractivity (Wildman–Crippen MR) is 78.4 cm³/mol. The molecule has 0 unspecified atom stereocenters. The van der Waals surface area contributed by atoms with Crippen LogP contribution in [-0.4, -0.2) is 26.8 Å².